The van der Waals surface area contributed by atoms with Crippen LogP contribution in [0.25, 0.3) is 0 Å². The number of H-pyrrole nitrogens is 1. The maximum Gasteiger partial charge on any atom is 0.246 e. The maximum absolute atomic E-state index is 10.1. The lowest BCUT2D eigenvalue weighted by atomic mass is 9.95. The van der Waals surface area contributed by atoms with Gasteiger partial charge in [-0.05, 0) is 43.9 Å². The monoisotopic (exact) mass is 420 g/mol. The number of anilines is 2. The molecule has 0 amide bonds. The predicted molar refractivity (Wildman–Crippen MR) is 113 cm³/mol. The molecule has 8 nitrogen and oxygen atoms in total. The van der Waals surface area contributed by atoms with Crippen LogP contribution in [0.15, 0.2) is 24.3 Å². The van der Waals surface area contributed by atoms with E-state index in [0.717, 1.165) is 43.9 Å². The molecule has 1 aromatic heterocycles. The molecule has 2 fully saturated rings. The molecule has 158 valence electrons. The van der Waals surface area contributed by atoms with Crippen molar-refractivity contribution in [2.45, 2.75) is 50.5 Å². The predicted octanol–water partition coefficient (Wildman–Crippen LogP) is 1.70. The van der Waals surface area contributed by atoms with Crippen molar-refractivity contribution < 1.29 is 9.84 Å². The molecule has 0 unspecified atom stereocenters. The van der Waals surface area contributed by atoms with E-state index in [1.54, 1.807) is 6.92 Å². The van der Waals surface area contributed by atoms with E-state index in [-0.39, 0.29) is 12.1 Å². The molecule has 2 aliphatic rings. The smallest absolute Gasteiger partial charge is 0.246 e. The first kappa shape index (κ1) is 20.4. The fourth-order valence-electron chi connectivity index (χ4n) is 4.35. The molecule has 2 aromatic rings. The van der Waals surface area contributed by atoms with Crippen LogP contribution in [0.1, 0.15) is 25.3 Å². The summed E-state index contributed by atoms with van der Waals surface area (Å²) in [6.45, 7) is 4.93. The number of nitrogens with two attached hydrogens (primary N) is 1. The number of aromatic amines is 1. The van der Waals surface area contributed by atoms with Crippen molar-refractivity contribution in [3.8, 4) is 0 Å². The van der Waals surface area contributed by atoms with Gasteiger partial charge in [0.1, 0.15) is 0 Å². The summed E-state index contributed by atoms with van der Waals surface area (Å²) in [5.74, 6) is 1.01. The third kappa shape index (κ3) is 4.83. The van der Waals surface area contributed by atoms with Gasteiger partial charge >= 0.3 is 0 Å². The highest BCUT2D eigenvalue weighted by atomic mass is 35.5. The van der Waals surface area contributed by atoms with E-state index in [9.17, 15) is 5.11 Å². The van der Waals surface area contributed by atoms with Gasteiger partial charge in [-0.1, -0.05) is 23.7 Å². The Labute approximate surface area is 176 Å². The molecule has 4 rings (SSSR count). The standard InChI is InChI=1S/C20H29ClN6O2/c1-13(28)18-11-27(17(12-29-18)10-14-2-4-15(21)5-3-14)16-6-8-26(9-7-16)20-23-19(22)24-25-20/h2-5,13,16-18,28H,6-12H2,1H3,(H3,22,23,24,25)/t13-,17+,18-/m1/s1. The second-order valence-electron chi connectivity index (χ2n) is 8.03. The number of halogens is 1. The SMILES string of the molecule is C[C@@H](O)[C@H]1CN(C2CCN(c3n[nH]c(N)n3)CC2)[C@@H](Cc2ccc(Cl)cc2)CO1. The van der Waals surface area contributed by atoms with Gasteiger partial charge in [-0.2, -0.15) is 4.98 Å². The average molecular weight is 421 g/mol. The van der Waals surface area contributed by atoms with E-state index in [4.69, 9.17) is 22.1 Å². The normalized spacial score (nSPS) is 25.3. The summed E-state index contributed by atoms with van der Waals surface area (Å²) in [6, 6.07) is 8.75. The zero-order valence-corrected chi connectivity index (χ0v) is 17.4. The number of hydrogen-bond donors (Lipinski definition) is 3. The first-order valence-corrected chi connectivity index (χ1v) is 10.6. The number of hydrogen-bond acceptors (Lipinski definition) is 7. The second-order valence-corrected chi connectivity index (χ2v) is 8.47. The van der Waals surface area contributed by atoms with Gasteiger partial charge in [0, 0.05) is 36.7 Å². The Morgan fingerprint density at radius 2 is 2.03 bits per heavy atom. The van der Waals surface area contributed by atoms with E-state index in [2.05, 4.69) is 37.1 Å². The van der Waals surface area contributed by atoms with Crippen molar-refractivity contribution in [2.24, 2.45) is 0 Å². The van der Waals surface area contributed by atoms with Gasteiger partial charge in [0.25, 0.3) is 0 Å². The molecule has 29 heavy (non-hydrogen) atoms. The van der Waals surface area contributed by atoms with Crippen molar-refractivity contribution in [3.63, 3.8) is 0 Å². The van der Waals surface area contributed by atoms with Crippen LogP contribution in [-0.2, 0) is 11.2 Å². The molecular formula is C20H29ClN6O2. The first-order chi connectivity index (χ1) is 14.0. The number of rotatable bonds is 5. The minimum Gasteiger partial charge on any atom is -0.391 e. The number of nitrogens with one attached hydrogen (secondary N) is 1. The Hall–Kier alpha value is -1.87. The fourth-order valence-corrected chi connectivity index (χ4v) is 4.48. The Kier molecular flexibility index (Phi) is 6.24. The Morgan fingerprint density at radius 3 is 2.66 bits per heavy atom. The van der Waals surface area contributed by atoms with Crippen LogP contribution in [0.4, 0.5) is 11.9 Å². The zero-order valence-electron chi connectivity index (χ0n) is 16.7. The van der Waals surface area contributed by atoms with Crippen LogP contribution in [0, 0.1) is 0 Å². The highest BCUT2D eigenvalue weighted by Gasteiger charge is 2.37. The minimum absolute atomic E-state index is 0.151. The van der Waals surface area contributed by atoms with E-state index in [0.29, 0.717) is 24.5 Å². The van der Waals surface area contributed by atoms with E-state index >= 15 is 0 Å². The molecule has 0 bridgehead atoms. The largest absolute Gasteiger partial charge is 0.391 e. The molecule has 1 aromatic carbocycles. The van der Waals surface area contributed by atoms with Gasteiger partial charge in [-0.3, -0.25) is 4.90 Å². The van der Waals surface area contributed by atoms with Crippen LogP contribution >= 0.6 is 11.6 Å². The molecular weight excluding hydrogens is 392 g/mol. The molecule has 3 heterocycles. The topological polar surface area (TPSA) is 104 Å². The lowest BCUT2D eigenvalue weighted by Crippen LogP contribution is -2.59. The van der Waals surface area contributed by atoms with Crippen LogP contribution in [0.5, 0.6) is 0 Å². The summed E-state index contributed by atoms with van der Waals surface area (Å²) < 4.78 is 6.00. The van der Waals surface area contributed by atoms with Crippen molar-refractivity contribution >= 4 is 23.5 Å². The van der Waals surface area contributed by atoms with Gasteiger partial charge < -0.3 is 20.5 Å². The summed E-state index contributed by atoms with van der Waals surface area (Å²) in [5.41, 5.74) is 6.91. The lowest BCUT2D eigenvalue weighted by molar-refractivity contribution is -0.120. The lowest BCUT2D eigenvalue weighted by Gasteiger charge is -2.47. The summed E-state index contributed by atoms with van der Waals surface area (Å²) in [7, 11) is 0. The zero-order chi connectivity index (χ0) is 20.4. The molecule has 0 aliphatic carbocycles. The number of piperidine rings is 1. The molecule has 2 aliphatic heterocycles. The van der Waals surface area contributed by atoms with Crippen LogP contribution in [-0.4, -0.2) is 75.7 Å². The highest BCUT2D eigenvalue weighted by molar-refractivity contribution is 6.30. The second kappa shape index (κ2) is 8.87. The van der Waals surface area contributed by atoms with Crippen LogP contribution in [0.3, 0.4) is 0 Å². The number of aliphatic hydroxyl groups excluding tert-OH is 1. The summed E-state index contributed by atoms with van der Waals surface area (Å²) in [5, 5.41) is 17.7. The average Bonchev–Trinajstić information content (AvgIpc) is 3.16. The van der Waals surface area contributed by atoms with Gasteiger partial charge in [-0.25, -0.2) is 5.10 Å². The molecule has 0 spiro atoms. The van der Waals surface area contributed by atoms with Crippen molar-refractivity contribution in [1.82, 2.24) is 20.1 Å². The van der Waals surface area contributed by atoms with Gasteiger partial charge in [-0.15, -0.1) is 5.10 Å². The minimum atomic E-state index is -0.481. The molecule has 0 radical (unpaired) electrons. The van der Waals surface area contributed by atoms with Gasteiger partial charge in [0.2, 0.25) is 11.9 Å². The quantitative estimate of drug-likeness (QED) is 0.676. The highest BCUT2D eigenvalue weighted by Crippen LogP contribution is 2.27. The number of aromatic nitrogens is 3. The first-order valence-electron chi connectivity index (χ1n) is 10.2. The molecule has 2 saturated heterocycles. The number of nitrogen functional groups attached to an aromatic ring is 1. The van der Waals surface area contributed by atoms with E-state index in [1.165, 1.54) is 5.56 Å². The van der Waals surface area contributed by atoms with Gasteiger partial charge in [0.05, 0.1) is 18.8 Å². The maximum atomic E-state index is 10.1. The summed E-state index contributed by atoms with van der Waals surface area (Å²) >= 11 is 6.04. The van der Waals surface area contributed by atoms with E-state index in [1.807, 2.05) is 12.1 Å². The third-order valence-corrected chi connectivity index (χ3v) is 6.24. The van der Waals surface area contributed by atoms with Crippen molar-refractivity contribution in [3.05, 3.63) is 34.9 Å². The Balaban J connectivity index is 1.44. The van der Waals surface area contributed by atoms with Gasteiger partial charge in [0.15, 0.2) is 0 Å². The van der Waals surface area contributed by atoms with Crippen LogP contribution in [0.2, 0.25) is 5.02 Å². The molecule has 9 heteroatoms. The molecule has 4 N–H and O–H groups in total. The van der Waals surface area contributed by atoms with E-state index < -0.39 is 6.10 Å². The number of ether oxygens (including phenoxy) is 1. The number of nitrogens with zero attached hydrogens (tertiary/aromatic N) is 4. The summed E-state index contributed by atoms with van der Waals surface area (Å²) in [6.07, 6.45) is 2.30. The molecule has 0 saturated carbocycles. The van der Waals surface area contributed by atoms with Crippen molar-refractivity contribution in [1.29, 1.82) is 0 Å². The fraction of sp³-hybridized carbons (Fsp3) is 0.600. The number of benzene rings is 1. The third-order valence-electron chi connectivity index (χ3n) is 5.99. The Morgan fingerprint density at radius 1 is 1.31 bits per heavy atom. The number of morpholine rings is 1. The summed E-state index contributed by atoms with van der Waals surface area (Å²) in [4.78, 5) is 8.96. The number of aliphatic hydroxyl groups is 1. The van der Waals surface area contributed by atoms with Crippen molar-refractivity contribution in [2.75, 3.05) is 36.9 Å². The Bertz CT molecular complexity index is 791. The van der Waals surface area contributed by atoms with Crippen LogP contribution < -0.4 is 10.6 Å². The molecule has 3 atom stereocenters.